The minimum Gasteiger partial charge on any atom is -0.311 e. The maximum atomic E-state index is 3.85. The molecule has 0 aromatic rings. The van der Waals surface area contributed by atoms with Crippen LogP contribution in [0.15, 0.2) is 0 Å². The highest BCUT2D eigenvalue weighted by Crippen LogP contribution is 2.44. The summed E-state index contributed by atoms with van der Waals surface area (Å²) in [6.45, 7) is 15.7. The van der Waals surface area contributed by atoms with Crippen LogP contribution in [0.2, 0.25) is 0 Å². The number of nitrogens with zero attached hydrogens (tertiary/aromatic N) is 1. The number of hydrogen-bond donors (Lipinski definition) is 1. The van der Waals surface area contributed by atoms with Crippen LogP contribution in [0.3, 0.4) is 0 Å². The van der Waals surface area contributed by atoms with E-state index in [1.54, 1.807) is 0 Å². The predicted octanol–water partition coefficient (Wildman–Crippen LogP) is 3.91. The second-order valence-electron chi connectivity index (χ2n) is 8.32. The molecule has 0 spiro atoms. The van der Waals surface area contributed by atoms with Crippen molar-refractivity contribution in [2.45, 2.75) is 78.3 Å². The Morgan fingerprint density at radius 2 is 1.85 bits per heavy atom. The molecule has 0 aromatic carbocycles. The quantitative estimate of drug-likeness (QED) is 0.760. The van der Waals surface area contributed by atoms with Crippen molar-refractivity contribution < 1.29 is 0 Å². The molecular formula is C18H36N2. The first-order valence-corrected chi connectivity index (χ1v) is 8.90. The van der Waals surface area contributed by atoms with Gasteiger partial charge in [-0.2, -0.15) is 0 Å². The van der Waals surface area contributed by atoms with Crippen LogP contribution in [-0.2, 0) is 0 Å². The summed E-state index contributed by atoms with van der Waals surface area (Å²) in [7, 11) is 0. The van der Waals surface area contributed by atoms with Crippen molar-refractivity contribution in [3.05, 3.63) is 0 Å². The van der Waals surface area contributed by atoms with Crippen LogP contribution in [-0.4, -0.2) is 36.1 Å². The van der Waals surface area contributed by atoms with Crippen molar-refractivity contribution in [1.82, 2.24) is 10.2 Å². The number of piperazine rings is 1. The Kier molecular flexibility index (Phi) is 5.53. The molecule has 118 valence electrons. The van der Waals surface area contributed by atoms with Crippen molar-refractivity contribution in [3.63, 3.8) is 0 Å². The molecule has 0 radical (unpaired) electrons. The second kappa shape index (κ2) is 6.79. The third kappa shape index (κ3) is 4.21. The van der Waals surface area contributed by atoms with Gasteiger partial charge in [-0.3, -0.25) is 4.90 Å². The molecule has 1 N–H and O–H groups in total. The smallest absolute Gasteiger partial charge is 0.0334 e. The highest BCUT2D eigenvalue weighted by molar-refractivity contribution is 5.04. The molecule has 0 aromatic heterocycles. The van der Waals surface area contributed by atoms with Crippen LogP contribution in [0.25, 0.3) is 0 Å². The van der Waals surface area contributed by atoms with Crippen molar-refractivity contribution in [3.8, 4) is 0 Å². The average Bonchev–Trinajstić information content (AvgIpc) is 3.16. The van der Waals surface area contributed by atoms with Gasteiger partial charge in [0, 0.05) is 24.7 Å². The van der Waals surface area contributed by atoms with Crippen molar-refractivity contribution in [2.24, 2.45) is 17.8 Å². The van der Waals surface area contributed by atoms with Gasteiger partial charge in [0.2, 0.25) is 0 Å². The second-order valence-corrected chi connectivity index (χ2v) is 8.32. The van der Waals surface area contributed by atoms with Crippen LogP contribution in [0.4, 0.5) is 0 Å². The van der Waals surface area contributed by atoms with Crippen molar-refractivity contribution in [1.29, 1.82) is 0 Å². The summed E-state index contributed by atoms with van der Waals surface area (Å²) < 4.78 is 0. The lowest BCUT2D eigenvalue weighted by molar-refractivity contribution is 0.0288. The molecule has 2 rings (SSSR count). The van der Waals surface area contributed by atoms with Crippen molar-refractivity contribution in [2.75, 3.05) is 19.6 Å². The minimum absolute atomic E-state index is 0.435. The van der Waals surface area contributed by atoms with Crippen LogP contribution in [0.5, 0.6) is 0 Å². The SMILES string of the molecule is CC(C)CCCN1CC(CC(C)C)NCC1(C)C1CC1. The number of hydrogen-bond acceptors (Lipinski definition) is 2. The maximum Gasteiger partial charge on any atom is 0.0334 e. The third-order valence-corrected chi connectivity index (χ3v) is 5.33. The number of nitrogens with one attached hydrogen (secondary N) is 1. The summed E-state index contributed by atoms with van der Waals surface area (Å²) in [5.41, 5.74) is 0.435. The fourth-order valence-electron chi connectivity index (χ4n) is 3.87. The Bertz CT molecular complexity index is 296. The standard InChI is InChI=1S/C18H36N2/c1-14(2)7-6-10-20-12-17(11-15(3)4)19-13-18(20,5)16-8-9-16/h14-17,19H,6-13H2,1-5H3. The van der Waals surface area contributed by atoms with Crippen LogP contribution in [0.1, 0.15) is 66.7 Å². The van der Waals surface area contributed by atoms with Crippen LogP contribution >= 0.6 is 0 Å². The third-order valence-electron chi connectivity index (χ3n) is 5.33. The van der Waals surface area contributed by atoms with E-state index < -0.39 is 0 Å². The minimum atomic E-state index is 0.435. The molecule has 1 saturated carbocycles. The Labute approximate surface area is 126 Å². The summed E-state index contributed by atoms with van der Waals surface area (Å²) in [5.74, 6) is 2.60. The predicted molar refractivity (Wildman–Crippen MR) is 88.0 cm³/mol. The van der Waals surface area contributed by atoms with Gasteiger partial charge >= 0.3 is 0 Å². The Hall–Kier alpha value is -0.0800. The topological polar surface area (TPSA) is 15.3 Å². The van der Waals surface area contributed by atoms with Gasteiger partial charge < -0.3 is 5.32 Å². The zero-order chi connectivity index (χ0) is 14.8. The van der Waals surface area contributed by atoms with Gasteiger partial charge in [0.25, 0.3) is 0 Å². The molecule has 2 aliphatic rings. The maximum absolute atomic E-state index is 3.85. The van der Waals surface area contributed by atoms with E-state index in [0.29, 0.717) is 11.6 Å². The van der Waals surface area contributed by atoms with Gasteiger partial charge in [0.1, 0.15) is 0 Å². The van der Waals surface area contributed by atoms with Gasteiger partial charge in [-0.15, -0.1) is 0 Å². The van der Waals surface area contributed by atoms with Gasteiger partial charge in [0.15, 0.2) is 0 Å². The summed E-state index contributed by atoms with van der Waals surface area (Å²) in [6.07, 6.45) is 6.97. The molecule has 1 heterocycles. The first-order valence-electron chi connectivity index (χ1n) is 8.90. The fourth-order valence-corrected chi connectivity index (χ4v) is 3.87. The molecule has 1 aliphatic carbocycles. The molecule has 1 saturated heterocycles. The summed E-state index contributed by atoms with van der Waals surface area (Å²) >= 11 is 0. The first kappa shape index (κ1) is 16.3. The molecule has 2 nitrogen and oxygen atoms in total. The van der Waals surface area contributed by atoms with E-state index in [4.69, 9.17) is 0 Å². The Balaban J connectivity index is 1.92. The lowest BCUT2D eigenvalue weighted by Gasteiger charge is -2.49. The summed E-state index contributed by atoms with van der Waals surface area (Å²) in [5, 5.41) is 3.85. The average molecular weight is 281 g/mol. The lowest BCUT2D eigenvalue weighted by Crippen LogP contribution is -2.64. The highest BCUT2D eigenvalue weighted by atomic mass is 15.3. The van der Waals surface area contributed by atoms with E-state index in [0.717, 1.165) is 17.8 Å². The van der Waals surface area contributed by atoms with Gasteiger partial charge in [-0.05, 0) is 63.3 Å². The molecule has 2 heteroatoms. The molecule has 2 unspecified atom stereocenters. The van der Waals surface area contributed by atoms with E-state index in [1.165, 1.54) is 51.7 Å². The molecule has 0 amide bonds. The largest absolute Gasteiger partial charge is 0.311 e. The Morgan fingerprint density at radius 1 is 1.15 bits per heavy atom. The lowest BCUT2D eigenvalue weighted by atomic mass is 9.87. The van der Waals surface area contributed by atoms with Crippen LogP contribution in [0, 0.1) is 17.8 Å². The molecule has 2 atom stereocenters. The fraction of sp³-hybridized carbons (Fsp3) is 1.00. The summed E-state index contributed by atoms with van der Waals surface area (Å²) in [6, 6.07) is 0.709. The normalized spacial score (nSPS) is 32.2. The van der Waals surface area contributed by atoms with Gasteiger partial charge in [-0.25, -0.2) is 0 Å². The van der Waals surface area contributed by atoms with E-state index in [9.17, 15) is 0 Å². The monoisotopic (exact) mass is 280 g/mol. The zero-order valence-electron chi connectivity index (χ0n) is 14.4. The van der Waals surface area contributed by atoms with E-state index >= 15 is 0 Å². The zero-order valence-corrected chi connectivity index (χ0v) is 14.4. The summed E-state index contributed by atoms with van der Waals surface area (Å²) in [4.78, 5) is 2.84. The molecule has 2 fully saturated rings. The molecule has 20 heavy (non-hydrogen) atoms. The van der Waals surface area contributed by atoms with Gasteiger partial charge in [-0.1, -0.05) is 27.7 Å². The number of rotatable bonds is 7. The Morgan fingerprint density at radius 3 is 2.40 bits per heavy atom. The van der Waals surface area contributed by atoms with Crippen molar-refractivity contribution >= 4 is 0 Å². The first-order chi connectivity index (χ1) is 9.41. The van der Waals surface area contributed by atoms with Gasteiger partial charge in [0.05, 0.1) is 0 Å². The molecule has 1 aliphatic heterocycles. The van der Waals surface area contributed by atoms with E-state index in [1.807, 2.05) is 0 Å². The van der Waals surface area contributed by atoms with E-state index in [2.05, 4.69) is 44.8 Å². The van der Waals surface area contributed by atoms with E-state index in [-0.39, 0.29) is 0 Å². The van der Waals surface area contributed by atoms with Crippen LogP contribution < -0.4 is 5.32 Å². The molecule has 0 bridgehead atoms. The molecular weight excluding hydrogens is 244 g/mol. The highest BCUT2D eigenvalue weighted by Gasteiger charge is 2.47.